The number of carbonyl (C=O) groups is 2. The highest BCUT2D eigenvalue weighted by atomic mass is 35.5. The molecule has 1 amide bonds. The molecule has 0 spiro atoms. The molecule has 1 N–H and O–H groups in total. The van der Waals surface area contributed by atoms with Crippen LogP contribution in [0.25, 0.3) is 0 Å². The van der Waals surface area contributed by atoms with Crippen LogP contribution in [-0.2, 0) is 16.1 Å². The molecule has 8 heteroatoms. The van der Waals surface area contributed by atoms with Crippen molar-refractivity contribution < 1.29 is 23.8 Å². The first-order valence-corrected chi connectivity index (χ1v) is 10.0. The highest BCUT2D eigenvalue weighted by molar-refractivity contribution is 6.32. The van der Waals surface area contributed by atoms with Crippen molar-refractivity contribution in [2.75, 3.05) is 13.7 Å². The lowest BCUT2D eigenvalue weighted by atomic mass is 10.1. The second-order valence-electron chi connectivity index (χ2n) is 6.53. The molecule has 7 nitrogen and oxygen atoms in total. The van der Waals surface area contributed by atoms with Gasteiger partial charge in [-0.3, -0.25) is 4.79 Å². The normalized spacial score (nSPS) is 10.6. The van der Waals surface area contributed by atoms with Crippen molar-refractivity contribution in [3.63, 3.8) is 0 Å². The number of hydrogen-bond acceptors (Lipinski definition) is 6. The van der Waals surface area contributed by atoms with E-state index in [1.54, 1.807) is 54.6 Å². The number of nitrogens with one attached hydrogen (secondary N) is 1. The highest BCUT2D eigenvalue weighted by Crippen LogP contribution is 2.22. The lowest BCUT2D eigenvalue weighted by molar-refractivity contribution is -0.123. The number of carbonyl (C=O) groups excluding carboxylic acids is 2. The molecule has 0 atom stereocenters. The van der Waals surface area contributed by atoms with Gasteiger partial charge in [0.1, 0.15) is 18.1 Å². The molecule has 0 aliphatic rings. The predicted molar refractivity (Wildman–Crippen MR) is 121 cm³/mol. The SMILES string of the molecule is COC(=O)c1ccc(COc2ccccc2/C=N\NC(=O)COc2ccccc2Cl)cc1. The van der Waals surface area contributed by atoms with Gasteiger partial charge in [0, 0.05) is 5.56 Å². The molecule has 3 aromatic rings. The number of hydrogen-bond donors (Lipinski definition) is 1. The van der Waals surface area contributed by atoms with Gasteiger partial charge in [-0.15, -0.1) is 0 Å². The molecule has 32 heavy (non-hydrogen) atoms. The Hall–Kier alpha value is -3.84. The third kappa shape index (κ3) is 6.58. The molecular formula is C24H21ClN2O5. The zero-order valence-electron chi connectivity index (χ0n) is 17.3. The molecule has 0 fully saturated rings. The van der Waals surface area contributed by atoms with E-state index in [-0.39, 0.29) is 6.61 Å². The highest BCUT2D eigenvalue weighted by Gasteiger charge is 2.07. The number of methoxy groups -OCH3 is 1. The maximum absolute atomic E-state index is 12.0. The third-order valence-electron chi connectivity index (χ3n) is 4.28. The Morgan fingerprint density at radius 3 is 2.34 bits per heavy atom. The number of esters is 1. The summed E-state index contributed by atoms with van der Waals surface area (Å²) in [7, 11) is 1.34. The lowest BCUT2D eigenvalue weighted by Crippen LogP contribution is -2.24. The van der Waals surface area contributed by atoms with Crippen LogP contribution < -0.4 is 14.9 Å². The maximum Gasteiger partial charge on any atom is 0.337 e. The fourth-order valence-corrected chi connectivity index (χ4v) is 2.84. The van der Waals surface area contributed by atoms with Crippen LogP contribution in [0.3, 0.4) is 0 Å². The molecule has 0 heterocycles. The third-order valence-corrected chi connectivity index (χ3v) is 4.59. The van der Waals surface area contributed by atoms with E-state index < -0.39 is 11.9 Å². The Bertz CT molecular complexity index is 1100. The van der Waals surface area contributed by atoms with Gasteiger partial charge in [0.25, 0.3) is 5.91 Å². The molecule has 3 rings (SSSR count). The number of benzene rings is 3. The summed E-state index contributed by atoms with van der Waals surface area (Å²) in [5.41, 5.74) is 4.45. The summed E-state index contributed by atoms with van der Waals surface area (Å²) in [5, 5.41) is 4.39. The summed E-state index contributed by atoms with van der Waals surface area (Å²) in [4.78, 5) is 23.5. The fraction of sp³-hybridized carbons (Fsp3) is 0.125. The van der Waals surface area contributed by atoms with Crippen LogP contribution in [0.5, 0.6) is 11.5 Å². The number of rotatable bonds is 9. The summed E-state index contributed by atoms with van der Waals surface area (Å²) >= 11 is 5.99. The van der Waals surface area contributed by atoms with Gasteiger partial charge in [-0.25, -0.2) is 10.2 Å². The summed E-state index contributed by atoms with van der Waals surface area (Å²) in [6.07, 6.45) is 1.49. The van der Waals surface area contributed by atoms with Crippen molar-refractivity contribution in [2.45, 2.75) is 6.61 Å². The van der Waals surface area contributed by atoms with Crippen molar-refractivity contribution in [1.29, 1.82) is 0 Å². The van der Waals surface area contributed by atoms with Gasteiger partial charge in [0.15, 0.2) is 6.61 Å². The van der Waals surface area contributed by atoms with Gasteiger partial charge in [-0.2, -0.15) is 5.10 Å². The Morgan fingerprint density at radius 2 is 1.62 bits per heavy atom. The van der Waals surface area contributed by atoms with Crippen LogP contribution >= 0.6 is 11.6 Å². The van der Waals surface area contributed by atoms with E-state index in [9.17, 15) is 9.59 Å². The fourth-order valence-electron chi connectivity index (χ4n) is 2.65. The first kappa shape index (κ1) is 22.8. The van der Waals surface area contributed by atoms with Gasteiger partial charge in [-0.05, 0) is 42.0 Å². The van der Waals surface area contributed by atoms with Gasteiger partial charge < -0.3 is 14.2 Å². The van der Waals surface area contributed by atoms with Crippen molar-refractivity contribution in [2.24, 2.45) is 5.10 Å². The quantitative estimate of drug-likeness (QED) is 0.298. The summed E-state index contributed by atoms with van der Waals surface area (Å²) in [6, 6.07) is 21.1. The van der Waals surface area contributed by atoms with Crippen LogP contribution in [0.2, 0.25) is 5.02 Å². The number of halogens is 1. The van der Waals surface area contributed by atoms with Crippen LogP contribution in [0.15, 0.2) is 77.9 Å². The topological polar surface area (TPSA) is 86.2 Å². The van der Waals surface area contributed by atoms with E-state index in [0.29, 0.717) is 34.3 Å². The van der Waals surface area contributed by atoms with Crippen LogP contribution in [-0.4, -0.2) is 31.8 Å². The van der Waals surface area contributed by atoms with Crippen LogP contribution in [0.1, 0.15) is 21.5 Å². The molecule has 0 aliphatic carbocycles. The Morgan fingerprint density at radius 1 is 0.938 bits per heavy atom. The molecule has 0 saturated heterocycles. The molecular weight excluding hydrogens is 432 g/mol. The van der Waals surface area contributed by atoms with E-state index in [2.05, 4.69) is 10.5 Å². The summed E-state index contributed by atoms with van der Waals surface area (Å²) in [5.74, 6) is 0.199. The molecule has 0 saturated carbocycles. The van der Waals surface area contributed by atoms with Crippen LogP contribution in [0, 0.1) is 0 Å². The number of ether oxygens (including phenoxy) is 3. The minimum Gasteiger partial charge on any atom is -0.488 e. The first-order valence-electron chi connectivity index (χ1n) is 9.65. The minimum absolute atomic E-state index is 0.221. The number of amides is 1. The van der Waals surface area contributed by atoms with Crippen molar-refractivity contribution in [3.8, 4) is 11.5 Å². The minimum atomic E-state index is -0.426. The molecule has 0 bridgehead atoms. The monoisotopic (exact) mass is 452 g/mol. The van der Waals surface area contributed by atoms with E-state index in [4.69, 9.17) is 25.8 Å². The molecule has 3 aromatic carbocycles. The predicted octanol–water partition coefficient (Wildman–Crippen LogP) is 4.23. The largest absolute Gasteiger partial charge is 0.488 e. The zero-order valence-corrected chi connectivity index (χ0v) is 18.0. The first-order chi connectivity index (χ1) is 15.6. The average Bonchev–Trinajstić information content (AvgIpc) is 2.82. The lowest BCUT2D eigenvalue weighted by Gasteiger charge is -2.09. The van der Waals surface area contributed by atoms with E-state index in [1.807, 2.05) is 18.2 Å². The molecule has 164 valence electrons. The Balaban J connectivity index is 1.53. The van der Waals surface area contributed by atoms with Crippen molar-refractivity contribution in [3.05, 3.63) is 94.5 Å². The number of para-hydroxylation sites is 2. The molecule has 0 radical (unpaired) electrons. The van der Waals surface area contributed by atoms with Gasteiger partial charge in [0.05, 0.1) is 23.9 Å². The molecule has 0 aliphatic heterocycles. The Labute approximate surface area is 190 Å². The van der Waals surface area contributed by atoms with E-state index in [0.717, 1.165) is 5.56 Å². The average molecular weight is 453 g/mol. The smallest absolute Gasteiger partial charge is 0.337 e. The second kappa shape index (κ2) is 11.5. The van der Waals surface area contributed by atoms with Crippen molar-refractivity contribution >= 4 is 29.7 Å². The second-order valence-corrected chi connectivity index (χ2v) is 6.93. The number of nitrogens with zero attached hydrogens (tertiary/aromatic N) is 1. The summed E-state index contributed by atoms with van der Waals surface area (Å²) < 4.78 is 15.9. The van der Waals surface area contributed by atoms with Gasteiger partial charge in [-0.1, -0.05) is 48.0 Å². The Kier molecular flexibility index (Phi) is 8.22. The zero-order chi connectivity index (χ0) is 22.8. The van der Waals surface area contributed by atoms with Gasteiger partial charge in [0.2, 0.25) is 0 Å². The molecule has 0 aromatic heterocycles. The van der Waals surface area contributed by atoms with E-state index >= 15 is 0 Å². The maximum atomic E-state index is 12.0. The standard InChI is InChI=1S/C24H21ClN2O5/c1-30-24(29)18-12-10-17(11-13-18)15-31-21-8-4-2-6-19(21)14-26-27-23(28)16-32-22-9-5-3-7-20(22)25/h2-14H,15-16H2,1H3,(H,27,28)/b26-14-. The van der Waals surface area contributed by atoms with Crippen molar-refractivity contribution in [1.82, 2.24) is 5.43 Å². The van der Waals surface area contributed by atoms with Crippen LogP contribution in [0.4, 0.5) is 0 Å². The summed E-state index contributed by atoms with van der Waals surface area (Å²) in [6.45, 7) is 0.0745. The van der Waals surface area contributed by atoms with E-state index in [1.165, 1.54) is 13.3 Å². The van der Waals surface area contributed by atoms with Gasteiger partial charge >= 0.3 is 5.97 Å². The number of hydrazone groups is 1. The molecule has 0 unspecified atom stereocenters.